The molecule has 2 aliphatic rings. The molecule has 1 heterocycles. The van der Waals surface area contributed by atoms with Crippen LogP contribution in [-0.2, 0) is 4.74 Å². The van der Waals surface area contributed by atoms with Gasteiger partial charge in [-0.3, -0.25) is 0 Å². The first-order valence-electron chi connectivity index (χ1n) is 12.9. The third kappa shape index (κ3) is 6.88. The summed E-state index contributed by atoms with van der Waals surface area (Å²) in [7, 11) is 0. The molecule has 1 aliphatic carbocycles. The molecular weight excluding hydrogens is 413 g/mol. The second-order valence-corrected chi connectivity index (χ2v) is 9.84. The molecular formula is C27H41F3O2. The van der Waals surface area contributed by atoms with Gasteiger partial charge in [0.2, 0.25) is 0 Å². The minimum Gasteiger partial charge on any atom is -0.493 e. The third-order valence-corrected chi connectivity index (χ3v) is 7.57. The number of benzene rings is 1. The van der Waals surface area contributed by atoms with Crippen LogP contribution < -0.4 is 4.74 Å². The van der Waals surface area contributed by atoms with E-state index in [2.05, 4.69) is 6.92 Å². The molecule has 0 spiro atoms. The van der Waals surface area contributed by atoms with Gasteiger partial charge in [-0.2, -0.15) is 0 Å². The Hall–Kier alpha value is -1.23. The van der Waals surface area contributed by atoms with Crippen LogP contribution in [0.25, 0.3) is 0 Å². The van der Waals surface area contributed by atoms with E-state index in [9.17, 15) is 13.2 Å². The van der Waals surface area contributed by atoms with Crippen molar-refractivity contribution in [3.63, 3.8) is 0 Å². The van der Waals surface area contributed by atoms with E-state index < -0.39 is 23.9 Å². The molecule has 1 saturated heterocycles. The Morgan fingerprint density at radius 1 is 0.906 bits per heavy atom. The van der Waals surface area contributed by atoms with Crippen molar-refractivity contribution in [1.29, 1.82) is 0 Å². The van der Waals surface area contributed by atoms with Crippen LogP contribution in [0.15, 0.2) is 12.1 Å². The summed E-state index contributed by atoms with van der Waals surface area (Å²) in [6.45, 7) is 4.78. The zero-order valence-electron chi connectivity index (χ0n) is 19.9. The molecule has 0 radical (unpaired) electrons. The van der Waals surface area contributed by atoms with Crippen molar-refractivity contribution in [1.82, 2.24) is 0 Å². The highest BCUT2D eigenvalue weighted by Gasteiger charge is 2.30. The van der Waals surface area contributed by atoms with E-state index in [0.717, 1.165) is 24.7 Å². The summed E-state index contributed by atoms with van der Waals surface area (Å²) < 4.78 is 52.9. The lowest BCUT2D eigenvalue weighted by Gasteiger charge is -2.32. The fourth-order valence-electron chi connectivity index (χ4n) is 5.57. The monoisotopic (exact) mass is 454 g/mol. The van der Waals surface area contributed by atoms with Crippen molar-refractivity contribution in [3.05, 3.63) is 29.1 Å². The molecule has 2 atom stereocenters. The molecule has 0 N–H and O–H groups in total. The number of halogens is 3. The van der Waals surface area contributed by atoms with Crippen LogP contribution in [0.4, 0.5) is 13.2 Å². The van der Waals surface area contributed by atoms with E-state index in [0.29, 0.717) is 18.9 Å². The largest absolute Gasteiger partial charge is 0.493 e. The Labute approximate surface area is 192 Å². The zero-order chi connectivity index (χ0) is 22.9. The minimum atomic E-state index is -2.91. The first-order chi connectivity index (χ1) is 15.5. The first kappa shape index (κ1) is 25.4. The van der Waals surface area contributed by atoms with Crippen molar-refractivity contribution in [3.8, 4) is 5.75 Å². The molecule has 5 heteroatoms. The Bertz CT molecular complexity index is 678. The smallest absolute Gasteiger partial charge is 0.270 e. The van der Waals surface area contributed by atoms with Gasteiger partial charge in [0, 0.05) is 5.56 Å². The number of rotatable bonds is 11. The van der Waals surface area contributed by atoms with Crippen LogP contribution in [0.2, 0.25) is 0 Å². The van der Waals surface area contributed by atoms with Gasteiger partial charge in [0.05, 0.1) is 24.9 Å². The van der Waals surface area contributed by atoms with Gasteiger partial charge in [-0.15, -0.1) is 0 Å². The SMILES string of the molecule is CCCCCC1CCC(CCC2CCC(c3ccc(OCC)c(C(F)F)c3F)OC2)CC1. The van der Waals surface area contributed by atoms with E-state index in [1.165, 1.54) is 63.9 Å². The number of hydrogen-bond acceptors (Lipinski definition) is 2. The van der Waals surface area contributed by atoms with Crippen LogP contribution in [0.3, 0.4) is 0 Å². The fraction of sp³-hybridized carbons (Fsp3) is 0.778. The Morgan fingerprint density at radius 2 is 1.56 bits per heavy atom. The number of hydrogen-bond donors (Lipinski definition) is 0. The van der Waals surface area contributed by atoms with Gasteiger partial charge in [-0.25, -0.2) is 13.2 Å². The van der Waals surface area contributed by atoms with Crippen molar-refractivity contribution >= 4 is 0 Å². The number of unbranched alkanes of at least 4 members (excludes halogenated alkanes) is 2. The summed E-state index contributed by atoms with van der Waals surface area (Å²) in [6.07, 6.45) is 11.7. The normalized spacial score (nSPS) is 26.4. The highest BCUT2D eigenvalue weighted by molar-refractivity contribution is 5.40. The maximum Gasteiger partial charge on any atom is 0.270 e. The Kier molecular flexibility index (Phi) is 10.2. The summed E-state index contributed by atoms with van der Waals surface area (Å²) in [5.74, 6) is 1.34. The predicted molar refractivity (Wildman–Crippen MR) is 123 cm³/mol. The van der Waals surface area contributed by atoms with E-state index in [4.69, 9.17) is 9.47 Å². The average molecular weight is 455 g/mol. The highest BCUT2D eigenvalue weighted by atomic mass is 19.3. The highest BCUT2D eigenvalue weighted by Crippen LogP contribution is 2.41. The molecule has 1 aliphatic heterocycles. The lowest BCUT2D eigenvalue weighted by molar-refractivity contribution is -0.0232. The summed E-state index contributed by atoms with van der Waals surface area (Å²) >= 11 is 0. The van der Waals surface area contributed by atoms with Crippen LogP contribution >= 0.6 is 0 Å². The maximum absolute atomic E-state index is 14.9. The zero-order valence-corrected chi connectivity index (χ0v) is 19.9. The van der Waals surface area contributed by atoms with Crippen molar-refractivity contribution in [2.75, 3.05) is 13.2 Å². The van der Waals surface area contributed by atoms with Gasteiger partial charge < -0.3 is 9.47 Å². The second kappa shape index (κ2) is 12.9. The summed E-state index contributed by atoms with van der Waals surface area (Å²) in [5.41, 5.74) is -0.399. The Balaban J connectivity index is 1.43. The predicted octanol–water partition coefficient (Wildman–Crippen LogP) is 8.80. The lowest BCUT2D eigenvalue weighted by atomic mass is 9.77. The minimum absolute atomic E-state index is 0.0717. The molecule has 2 unspecified atom stereocenters. The molecule has 32 heavy (non-hydrogen) atoms. The lowest BCUT2D eigenvalue weighted by Crippen LogP contribution is -2.23. The standard InChI is InChI=1S/C27H41F3O2/c1-3-5-6-7-19-8-10-20(11-9-19)12-13-21-14-16-23(32-18-21)22-15-17-24(31-4-2)25(26(22)28)27(29)30/h15,17,19-21,23,27H,3-14,16,18H2,1-2H3. The topological polar surface area (TPSA) is 18.5 Å². The van der Waals surface area contributed by atoms with Crippen LogP contribution in [0.1, 0.15) is 115 Å². The number of ether oxygens (including phenoxy) is 2. The van der Waals surface area contributed by atoms with Gasteiger partial charge >= 0.3 is 0 Å². The van der Waals surface area contributed by atoms with E-state index in [1.54, 1.807) is 13.0 Å². The Morgan fingerprint density at radius 3 is 2.16 bits per heavy atom. The van der Waals surface area contributed by atoms with Gasteiger partial charge in [-0.1, -0.05) is 64.7 Å². The molecule has 1 aromatic carbocycles. The van der Waals surface area contributed by atoms with Crippen LogP contribution in [-0.4, -0.2) is 13.2 Å². The van der Waals surface area contributed by atoms with E-state index >= 15 is 0 Å². The average Bonchev–Trinajstić information content (AvgIpc) is 2.79. The quantitative estimate of drug-likeness (QED) is 0.311. The summed E-state index contributed by atoms with van der Waals surface area (Å²) in [6, 6.07) is 3.01. The molecule has 182 valence electrons. The molecule has 3 rings (SSSR count). The van der Waals surface area contributed by atoms with Crippen molar-refractivity contribution in [2.24, 2.45) is 17.8 Å². The molecule has 2 nitrogen and oxygen atoms in total. The first-order valence-corrected chi connectivity index (χ1v) is 12.9. The second-order valence-electron chi connectivity index (χ2n) is 9.84. The molecule has 0 amide bonds. The summed E-state index contributed by atoms with van der Waals surface area (Å²) in [5, 5.41) is 0. The van der Waals surface area contributed by atoms with Crippen LogP contribution in [0, 0.1) is 23.6 Å². The summed E-state index contributed by atoms with van der Waals surface area (Å²) in [4.78, 5) is 0. The molecule has 1 aromatic rings. The van der Waals surface area contributed by atoms with Crippen molar-refractivity contribution in [2.45, 2.75) is 103 Å². The van der Waals surface area contributed by atoms with Crippen molar-refractivity contribution < 1.29 is 22.6 Å². The molecule has 1 saturated carbocycles. The molecule has 2 fully saturated rings. The maximum atomic E-state index is 14.9. The third-order valence-electron chi connectivity index (χ3n) is 7.57. The van der Waals surface area contributed by atoms with E-state index in [1.807, 2.05) is 0 Å². The van der Waals surface area contributed by atoms with Gasteiger partial charge in [-0.05, 0) is 56.1 Å². The molecule has 0 aromatic heterocycles. The number of alkyl halides is 2. The van der Waals surface area contributed by atoms with Gasteiger partial charge in [0.15, 0.2) is 0 Å². The van der Waals surface area contributed by atoms with E-state index in [-0.39, 0.29) is 17.9 Å². The van der Waals surface area contributed by atoms with Gasteiger partial charge in [0.25, 0.3) is 6.43 Å². The molecule has 0 bridgehead atoms. The fourth-order valence-corrected chi connectivity index (χ4v) is 5.57. The van der Waals surface area contributed by atoms with Crippen LogP contribution in [0.5, 0.6) is 5.75 Å². The van der Waals surface area contributed by atoms with Gasteiger partial charge in [0.1, 0.15) is 11.6 Å².